The molecule has 0 saturated carbocycles. The lowest BCUT2D eigenvalue weighted by molar-refractivity contribution is 0.382. The van der Waals surface area contributed by atoms with Crippen LogP contribution >= 0.6 is 0 Å². The Balaban J connectivity index is 3.07. The second kappa shape index (κ2) is 3.85. The zero-order valence-electron chi connectivity index (χ0n) is 7.74. The number of hydrogen-bond acceptors (Lipinski definition) is 7. The van der Waals surface area contributed by atoms with Crippen molar-refractivity contribution >= 4 is 17.8 Å². The van der Waals surface area contributed by atoms with E-state index in [9.17, 15) is 0 Å². The van der Waals surface area contributed by atoms with Crippen LogP contribution < -0.4 is 15.7 Å². The fraction of sp³-hybridized carbons (Fsp3) is 0.500. The molecule has 0 unspecified atom stereocenters. The van der Waals surface area contributed by atoms with Gasteiger partial charge in [-0.25, -0.2) is 5.48 Å². The molecule has 1 rings (SSSR count). The molecule has 13 heavy (non-hydrogen) atoms. The SMILES string of the molecule is CNc1nc(NO)nc(N(C)C)n1. The molecule has 0 spiro atoms. The largest absolute Gasteiger partial charge is 0.357 e. The topological polar surface area (TPSA) is 86.2 Å². The van der Waals surface area contributed by atoms with Gasteiger partial charge in [0.15, 0.2) is 0 Å². The molecular weight excluding hydrogens is 172 g/mol. The van der Waals surface area contributed by atoms with E-state index in [4.69, 9.17) is 5.21 Å². The molecule has 0 aliphatic carbocycles. The molecule has 7 nitrogen and oxygen atoms in total. The van der Waals surface area contributed by atoms with Crippen molar-refractivity contribution in [2.24, 2.45) is 0 Å². The first kappa shape index (κ1) is 9.46. The van der Waals surface area contributed by atoms with E-state index in [0.717, 1.165) is 0 Å². The van der Waals surface area contributed by atoms with Crippen LogP contribution in [0, 0.1) is 0 Å². The van der Waals surface area contributed by atoms with Crippen LogP contribution in [0.1, 0.15) is 0 Å². The smallest absolute Gasteiger partial charge is 0.253 e. The van der Waals surface area contributed by atoms with E-state index in [-0.39, 0.29) is 5.95 Å². The van der Waals surface area contributed by atoms with Crippen LogP contribution in [0.15, 0.2) is 0 Å². The van der Waals surface area contributed by atoms with E-state index in [0.29, 0.717) is 11.9 Å². The van der Waals surface area contributed by atoms with Crippen LogP contribution in [0.3, 0.4) is 0 Å². The normalized spacial score (nSPS) is 9.54. The summed E-state index contributed by atoms with van der Waals surface area (Å²) in [7, 11) is 5.29. The van der Waals surface area contributed by atoms with Crippen molar-refractivity contribution in [1.82, 2.24) is 15.0 Å². The van der Waals surface area contributed by atoms with Gasteiger partial charge in [-0.3, -0.25) is 5.21 Å². The molecule has 1 aromatic rings. The Kier molecular flexibility index (Phi) is 2.80. The van der Waals surface area contributed by atoms with Gasteiger partial charge in [-0.15, -0.1) is 0 Å². The predicted molar refractivity (Wildman–Crippen MR) is 49.1 cm³/mol. The van der Waals surface area contributed by atoms with E-state index < -0.39 is 0 Å². The Morgan fingerprint density at radius 2 is 1.77 bits per heavy atom. The third-order valence-electron chi connectivity index (χ3n) is 1.35. The summed E-state index contributed by atoms with van der Waals surface area (Å²) in [6.45, 7) is 0. The molecule has 72 valence electrons. The lowest BCUT2D eigenvalue weighted by Crippen LogP contribution is -2.15. The molecule has 0 aliphatic heterocycles. The molecule has 0 aliphatic rings. The average Bonchev–Trinajstić information content (AvgIpc) is 2.16. The number of nitrogens with one attached hydrogen (secondary N) is 2. The monoisotopic (exact) mass is 184 g/mol. The van der Waals surface area contributed by atoms with Gasteiger partial charge in [0, 0.05) is 21.1 Å². The molecule has 0 amide bonds. The molecule has 3 N–H and O–H groups in total. The maximum atomic E-state index is 8.61. The van der Waals surface area contributed by atoms with Gasteiger partial charge in [0.1, 0.15) is 0 Å². The summed E-state index contributed by atoms with van der Waals surface area (Å²) < 4.78 is 0. The van der Waals surface area contributed by atoms with Crippen LogP contribution in [0.4, 0.5) is 17.8 Å². The van der Waals surface area contributed by atoms with Crippen LogP contribution in [-0.4, -0.2) is 41.3 Å². The summed E-state index contributed by atoms with van der Waals surface area (Å²) in [5.74, 6) is 0.981. The van der Waals surface area contributed by atoms with Crippen molar-refractivity contribution in [3.05, 3.63) is 0 Å². The highest BCUT2D eigenvalue weighted by Crippen LogP contribution is 2.09. The molecule has 0 saturated heterocycles. The highest BCUT2D eigenvalue weighted by molar-refractivity contribution is 5.41. The number of nitrogens with zero attached hydrogens (tertiary/aromatic N) is 4. The molecule has 0 aromatic carbocycles. The van der Waals surface area contributed by atoms with Crippen molar-refractivity contribution in [3.63, 3.8) is 0 Å². The number of hydrogen-bond donors (Lipinski definition) is 3. The summed E-state index contributed by atoms with van der Waals surface area (Å²) in [5.41, 5.74) is 1.87. The average molecular weight is 184 g/mol. The van der Waals surface area contributed by atoms with Crippen molar-refractivity contribution < 1.29 is 5.21 Å². The fourth-order valence-corrected chi connectivity index (χ4v) is 0.727. The lowest BCUT2D eigenvalue weighted by Gasteiger charge is -2.11. The van der Waals surface area contributed by atoms with Crippen LogP contribution in [-0.2, 0) is 0 Å². The first-order valence-corrected chi connectivity index (χ1v) is 3.68. The number of anilines is 3. The number of aromatic nitrogens is 3. The highest BCUT2D eigenvalue weighted by Gasteiger charge is 2.05. The van der Waals surface area contributed by atoms with Crippen molar-refractivity contribution in [2.45, 2.75) is 0 Å². The lowest BCUT2D eigenvalue weighted by atomic mass is 10.7. The van der Waals surface area contributed by atoms with Gasteiger partial charge in [-0.1, -0.05) is 0 Å². The third-order valence-corrected chi connectivity index (χ3v) is 1.35. The molecule has 1 heterocycles. The van der Waals surface area contributed by atoms with Gasteiger partial charge >= 0.3 is 0 Å². The molecule has 0 bridgehead atoms. The minimum atomic E-state index is 0.114. The maximum Gasteiger partial charge on any atom is 0.253 e. The number of rotatable bonds is 3. The quantitative estimate of drug-likeness (QED) is 0.560. The Bertz CT molecular complexity index is 266. The maximum absolute atomic E-state index is 8.61. The van der Waals surface area contributed by atoms with E-state index in [2.05, 4.69) is 20.3 Å². The van der Waals surface area contributed by atoms with Gasteiger partial charge in [0.25, 0.3) is 5.95 Å². The van der Waals surface area contributed by atoms with E-state index in [1.54, 1.807) is 26.0 Å². The summed E-state index contributed by atoms with van der Waals surface area (Å²) in [4.78, 5) is 13.5. The van der Waals surface area contributed by atoms with Gasteiger partial charge < -0.3 is 10.2 Å². The minimum absolute atomic E-state index is 0.114. The van der Waals surface area contributed by atoms with Crippen molar-refractivity contribution in [3.8, 4) is 0 Å². The Labute approximate surface area is 75.8 Å². The van der Waals surface area contributed by atoms with Crippen LogP contribution in [0.5, 0.6) is 0 Å². The molecular formula is C6H12N6O. The zero-order chi connectivity index (χ0) is 9.84. The molecule has 0 fully saturated rings. The van der Waals surface area contributed by atoms with Crippen molar-refractivity contribution in [2.75, 3.05) is 36.8 Å². The molecule has 1 aromatic heterocycles. The summed E-state index contributed by atoms with van der Waals surface area (Å²) in [6, 6.07) is 0. The Morgan fingerprint density at radius 3 is 2.23 bits per heavy atom. The second-order valence-corrected chi connectivity index (χ2v) is 2.54. The molecule has 7 heteroatoms. The van der Waals surface area contributed by atoms with Gasteiger partial charge in [-0.2, -0.15) is 15.0 Å². The third kappa shape index (κ3) is 2.15. The predicted octanol–water partition coefficient (Wildman–Crippen LogP) is -0.220. The summed E-state index contributed by atoms with van der Waals surface area (Å²) >= 11 is 0. The fourth-order valence-electron chi connectivity index (χ4n) is 0.727. The van der Waals surface area contributed by atoms with E-state index in [1.807, 2.05) is 5.48 Å². The second-order valence-electron chi connectivity index (χ2n) is 2.54. The van der Waals surface area contributed by atoms with E-state index >= 15 is 0 Å². The Morgan fingerprint density at radius 1 is 1.15 bits per heavy atom. The van der Waals surface area contributed by atoms with Gasteiger partial charge in [0.2, 0.25) is 11.9 Å². The van der Waals surface area contributed by atoms with E-state index in [1.165, 1.54) is 0 Å². The molecule has 0 atom stereocenters. The van der Waals surface area contributed by atoms with Gasteiger partial charge in [0.05, 0.1) is 0 Å². The summed E-state index contributed by atoms with van der Waals surface area (Å²) in [6.07, 6.45) is 0. The first-order valence-electron chi connectivity index (χ1n) is 3.68. The summed E-state index contributed by atoms with van der Waals surface area (Å²) in [5, 5.41) is 11.4. The molecule has 0 radical (unpaired) electrons. The standard InChI is InChI=1S/C6H12N6O/c1-7-4-8-5(11-13)10-6(9-4)12(2)3/h13H,1-3H3,(H2,7,8,9,10,11). The Hall–Kier alpha value is -1.63. The van der Waals surface area contributed by atoms with Crippen LogP contribution in [0.25, 0.3) is 0 Å². The highest BCUT2D eigenvalue weighted by atomic mass is 16.5. The minimum Gasteiger partial charge on any atom is -0.357 e. The first-order chi connectivity index (χ1) is 6.17. The van der Waals surface area contributed by atoms with Gasteiger partial charge in [-0.05, 0) is 0 Å². The van der Waals surface area contributed by atoms with Crippen molar-refractivity contribution in [1.29, 1.82) is 0 Å². The van der Waals surface area contributed by atoms with Crippen LogP contribution in [0.2, 0.25) is 0 Å². The zero-order valence-corrected chi connectivity index (χ0v) is 7.74.